The molecule has 0 N–H and O–H groups in total. The molecule has 0 aliphatic carbocycles. The van der Waals surface area contributed by atoms with E-state index in [4.69, 9.17) is 4.42 Å². The van der Waals surface area contributed by atoms with Crippen molar-refractivity contribution in [1.82, 2.24) is 0 Å². The number of nitrogens with zero attached hydrogens (tertiary/aromatic N) is 1. The average molecular weight is 568 g/mol. The third-order valence-corrected chi connectivity index (χ3v) is 8.71. The second-order valence-electron chi connectivity index (χ2n) is 12.6. The summed E-state index contributed by atoms with van der Waals surface area (Å²) in [5, 5.41) is 8.60. The van der Waals surface area contributed by atoms with Gasteiger partial charge in [0.1, 0.15) is 11.3 Å². The first-order chi connectivity index (χ1) is 21.5. The van der Waals surface area contributed by atoms with E-state index in [0.29, 0.717) is 0 Å². The summed E-state index contributed by atoms with van der Waals surface area (Å²) in [7, 11) is 0. The fourth-order valence-electron chi connectivity index (χ4n) is 6.75. The van der Waals surface area contributed by atoms with Gasteiger partial charge in [-0.3, -0.25) is 0 Å². The van der Waals surface area contributed by atoms with Gasteiger partial charge in [0.15, 0.2) is 0 Å². The van der Waals surface area contributed by atoms with Crippen LogP contribution in [0, 0.1) is 0 Å². The predicted octanol–water partition coefficient (Wildman–Crippen LogP) is 12.3. The molecule has 0 atom stereocenters. The molecule has 1 heterocycles. The molecule has 0 radical (unpaired) electrons. The number of hydrogen-bond donors (Lipinski definition) is 0. The van der Waals surface area contributed by atoms with E-state index in [-0.39, 0.29) is 5.41 Å². The first-order valence-corrected chi connectivity index (χ1v) is 15.3. The Labute approximate surface area is 257 Å². The van der Waals surface area contributed by atoms with Gasteiger partial charge in [-0.05, 0) is 68.7 Å². The highest BCUT2D eigenvalue weighted by molar-refractivity contribution is 6.09. The Morgan fingerprint density at radius 1 is 0.477 bits per heavy atom. The number of anilines is 3. The highest BCUT2D eigenvalue weighted by atomic mass is 16.3. The Morgan fingerprint density at radius 3 is 1.91 bits per heavy atom. The van der Waals surface area contributed by atoms with Crippen LogP contribution in [-0.4, -0.2) is 0 Å². The molecule has 0 aliphatic rings. The molecule has 7 aromatic carbocycles. The van der Waals surface area contributed by atoms with Crippen molar-refractivity contribution in [2.45, 2.75) is 26.2 Å². The molecule has 0 unspecified atom stereocenters. The Hall–Kier alpha value is -5.34. The van der Waals surface area contributed by atoms with Crippen LogP contribution in [-0.2, 0) is 5.41 Å². The van der Waals surface area contributed by atoms with Gasteiger partial charge in [0.2, 0.25) is 0 Å². The number of para-hydroxylation sites is 1. The van der Waals surface area contributed by atoms with Crippen molar-refractivity contribution in [2.75, 3.05) is 4.90 Å². The van der Waals surface area contributed by atoms with E-state index < -0.39 is 0 Å². The molecule has 0 saturated heterocycles. The van der Waals surface area contributed by atoms with E-state index in [1.54, 1.807) is 0 Å². The molecular formula is C42H33NO. The molecule has 0 fully saturated rings. The fourth-order valence-corrected chi connectivity index (χ4v) is 6.75. The standard InChI is InChI=1S/C42H33NO/c1-42(2,3)40-37-19-8-9-21-39(37)44-41(40)31-15-10-16-32(27-31)43(38-20-11-14-28-12-5-7-18-36(28)38)33-24-25-35-30(26-33)23-22-29-13-4-6-17-34(29)35/h4-27H,1-3H3. The van der Waals surface area contributed by atoms with Crippen molar-refractivity contribution in [3.63, 3.8) is 0 Å². The number of rotatable bonds is 4. The first kappa shape index (κ1) is 26.3. The van der Waals surface area contributed by atoms with Gasteiger partial charge >= 0.3 is 0 Å². The lowest BCUT2D eigenvalue weighted by Crippen LogP contribution is -2.12. The lowest BCUT2D eigenvalue weighted by Gasteiger charge is -2.28. The zero-order valence-corrected chi connectivity index (χ0v) is 25.2. The summed E-state index contributed by atoms with van der Waals surface area (Å²) in [5.74, 6) is 0.934. The highest BCUT2D eigenvalue weighted by Gasteiger charge is 2.27. The summed E-state index contributed by atoms with van der Waals surface area (Å²) in [4.78, 5) is 2.39. The number of benzene rings is 7. The summed E-state index contributed by atoms with van der Waals surface area (Å²) < 4.78 is 6.61. The third kappa shape index (κ3) is 4.34. The van der Waals surface area contributed by atoms with Crippen molar-refractivity contribution in [1.29, 1.82) is 0 Å². The fraction of sp³-hybridized carbons (Fsp3) is 0.0952. The molecule has 1 aromatic heterocycles. The van der Waals surface area contributed by atoms with Gasteiger partial charge in [-0.1, -0.05) is 130 Å². The van der Waals surface area contributed by atoms with Crippen LogP contribution in [0.4, 0.5) is 17.1 Å². The Morgan fingerprint density at radius 2 is 1.09 bits per heavy atom. The van der Waals surface area contributed by atoms with Crippen molar-refractivity contribution >= 4 is 60.3 Å². The largest absolute Gasteiger partial charge is 0.456 e. The molecule has 0 saturated carbocycles. The van der Waals surface area contributed by atoms with Crippen LogP contribution in [0.3, 0.4) is 0 Å². The number of fused-ring (bicyclic) bond motifs is 5. The normalized spacial score (nSPS) is 12.0. The molecular weight excluding hydrogens is 534 g/mol. The SMILES string of the molecule is CC(C)(C)c1c(-c2cccc(N(c3ccc4c(ccc5ccccc54)c3)c3cccc4ccccc34)c2)oc2ccccc12. The van der Waals surface area contributed by atoms with Crippen LogP contribution in [0.5, 0.6) is 0 Å². The molecule has 8 rings (SSSR count). The second-order valence-corrected chi connectivity index (χ2v) is 12.6. The quantitative estimate of drug-likeness (QED) is 0.197. The maximum atomic E-state index is 6.61. The summed E-state index contributed by atoms with van der Waals surface area (Å²) in [6.07, 6.45) is 0. The van der Waals surface area contributed by atoms with Crippen molar-refractivity contribution in [3.8, 4) is 11.3 Å². The molecule has 2 heteroatoms. The van der Waals surface area contributed by atoms with E-state index in [1.807, 2.05) is 6.07 Å². The van der Waals surface area contributed by atoms with Crippen LogP contribution in [0.2, 0.25) is 0 Å². The van der Waals surface area contributed by atoms with E-state index in [2.05, 4.69) is 165 Å². The number of furan rings is 1. The Bertz CT molecular complexity index is 2330. The zero-order valence-electron chi connectivity index (χ0n) is 25.2. The molecule has 2 nitrogen and oxygen atoms in total. The predicted molar refractivity (Wildman–Crippen MR) is 188 cm³/mol. The monoisotopic (exact) mass is 567 g/mol. The van der Waals surface area contributed by atoms with Crippen LogP contribution in [0.1, 0.15) is 26.3 Å². The minimum absolute atomic E-state index is 0.0889. The second kappa shape index (κ2) is 10.1. The molecule has 212 valence electrons. The van der Waals surface area contributed by atoms with E-state index in [1.165, 1.54) is 43.3 Å². The van der Waals surface area contributed by atoms with Crippen molar-refractivity contribution < 1.29 is 4.42 Å². The Balaban J connectivity index is 1.37. The zero-order chi connectivity index (χ0) is 29.8. The summed E-state index contributed by atoms with van der Waals surface area (Å²) in [6, 6.07) is 52.3. The van der Waals surface area contributed by atoms with Gasteiger partial charge in [-0.15, -0.1) is 0 Å². The smallest absolute Gasteiger partial charge is 0.139 e. The summed E-state index contributed by atoms with van der Waals surface area (Å²) in [6.45, 7) is 6.79. The van der Waals surface area contributed by atoms with Crippen LogP contribution < -0.4 is 4.90 Å². The van der Waals surface area contributed by atoms with Crippen LogP contribution >= 0.6 is 0 Å². The highest BCUT2D eigenvalue weighted by Crippen LogP contribution is 2.45. The summed E-state index contributed by atoms with van der Waals surface area (Å²) >= 11 is 0. The van der Waals surface area contributed by atoms with Gasteiger partial charge in [-0.2, -0.15) is 0 Å². The van der Waals surface area contributed by atoms with E-state index in [0.717, 1.165) is 34.0 Å². The third-order valence-electron chi connectivity index (χ3n) is 8.71. The van der Waals surface area contributed by atoms with Gasteiger partial charge in [0, 0.05) is 33.3 Å². The molecule has 0 bridgehead atoms. The maximum Gasteiger partial charge on any atom is 0.139 e. The van der Waals surface area contributed by atoms with Gasteiger partial charge in [0.05, 0.1) is 5.69 Å². The minimum Gasteiger partial charge on any atom is -0.456 e. The number of hydrogen-bond acceptors (Lipinski definition) is 2. The Kier molecular flexibility index (Phi) is 6.06. The lowest BCUT2D eigenvalue weighted by atomic mass is 9.83. The van der Waals surface area contributed by atoms with E-state index in [9.17, 15) is 0 Å². The van der Waals surface area contributed by atoms with Crippen LogP contribution in [0.25, 0.3) is 54.6 Å². The molecule has 44 heavy (non-hydrogen) atoms. The maximum absolute atomic E-state index is 6.61. The topological polar surface area (TPSA) is 16.4 Å². The first-order valence-electron chi connectivity index (χ1n) is 15.3. The van der Waals surface area contributed by atoms with Gasteiger partial charge < -0.3 is 9.32 Å². The molecule has 8 aromatic rings. The van der Waals surface area contributed by atoms with Crippen molar-refractivity contribution in [2.24, 2.45) is 0 Å². The minimum atomic E-state index is -0.0889. The molecule has 0 amide bonds. The van der Waals surface area contributed by atoms with Gasteiger partial charge in [0.25, 0.3) is 0 Å². The average Bonchev–Trinajstić information content (AvgIpc) is 3.46. The summed E-state index contributed by atoms with van der Waals surface area (Å²) in [5.41, 5.74) is 6.47. The molecule has 0 spiro atoms. The lowest BCUT2D eigenvalue weighted by molar-refractivity contribution is 0.568. The van der Waals surface area contributed by atoms with Crippen molar-refractivity contribution in [3.05, 3.63) is 151 Å². The van der Waals surface area contributed by atoms with Gasteiger partial charge in [-0.25, -0.2) is 0 Å². The molecule has 0 aliphatic heterocycles. The van der Waals surface area contributed by atoms with Crippen LogP contribution in [0.15, 0.2) is 150 Å². The van der Waals surface area contributed by atoms with E-state index >= 15 is 0 Å².